The number of benzene rings is 2. The summed E-state index contributed by atoms with van der Waals surface area (Å²) < 4.78 is 10.5. The van der Waals surface area contributed by atoms with Crippen molar-refractivity contribution in [2.24, 2.45) is 0 Å². The summed E-state index contributed by atoms with van der Waals surface area (Å²) in [5.41, 5.74) is 2.64. The van der Waals surface area contributed by atoms with Gasteiger partial charge in [-0.15, -0.1) is 0 Å². The first-order valence-corrected chi connectivity index (χ1v) is 10.1. The lowest BCUT2D eigenvalue weighted by atomic mass is 9.99. The largest absolute Gasteiger partial charge is 0.497 e. The van der Waals surface area contributed by atoms with Gasteiger partial charge in [0.25, 0.3) is 11.8 Å². The lowest BCUT2D eigenvalue weighted by Crippen LogP contribution is -2.37. The van der Waals surface area contributed by atoms with Crippen LogP contribution in [0.25, 0.3) is 6.08 Å². The smallest absolute Gasteiger partial charge is 0.268 e. The number of carbonyl (C=O) groups excluding carboxylic acids is 2. The topological polar surface area (TPSA) is 80.6 Å². The summed E-state index contributed by atoms with van der Waals surface area (Å²) >= 11 is 0. The summed E-state index contributed by atoms with van der Waals surface area (Å²) in [6.07, 6.45) is 3.73. The van der Waals surface area contributed by atoms with Gasteiger partial charge in [0.1, 0.15) is 17.2 Å². The third-order valence-corrected chi connectivity index (χ3v) is 4.95. The van der Waals surface area contributed by atoms with E-state index in [-0.39, 0.29) is 11.7 Å². The Morgan fingerprint density at radius 2 is 1.81 bits per heavy atom. The Labute approximate surface area is 181 Å². The minimum absolute atomic E-state index is 0.0998. The molecule has 1 atom stereocenters. The third-order valence-electron chi connectivity index (χ3n) is 4.95. The maximum Gasteiger partial charge on any atom is 0.268 e. The van der Waals surface area contributed by atoms with E-state index in [4.69, 9.17) is 9.15 Å². The van der Waals surface area contributed by atoms with Crippen molar-refractivity contribution in [2.75, 3.05) is 7.11 Å². The number of methoxy groups -OCH3 is 1. The molecule has 2 amide bonds. The van der Waals surface area contributed by atoms with Gasteiger partial charge in [0.05, 0.1) is 19.4 Å². The van der Waals surface area contributed by atoms with Crippen LogP contribution in [0, 0.1) is 6.92 Å². The number of aryl methyl sites for hydroxylation is 1. The van der Waals surface area contributed by atoms with Gasteiger partial charge < -0.3 is 19.8 Å². The molecule has 0 saturated carbocycles. The lowest BCUT2D eigenvalue weighted by Gasteiger charge is -2.20. The summed E-state index contributed by atoms with van der Waals surface area (Å²) in [6, 6.07) is 17.8. The number of amides is 2. The van der Waals surface area contributed by atoms with Gasteiger partial charge >= 0.3 is 0 Å². The summed E-state index contributed by atoms with van der Waals surface area (Å²) in [5.74, 6) is 0.307. The average Bonchev–Trinajstić information content (AvgIpc) is 3.30. The van der Waals surface area contributed by atoms with E-state index in [2.05, 4.69) is 10.6 Å². The maximum absolute atomic E-state index is 13.1. The monoisotopic (exact) mass is 418 g/mol. The van der Waals surface area contributed by atoms with Crippen LogP contribution < -0.4 is 15.4 Å². The fourth-order valence-electron chi connectivity index (χ4n) is 3.22. The molecule has 31 heavy (non-hydrogen) atoms. The second kappa shape index (κ2) is 10.3. The van der Waals surface area contributed by atoms with Crippen molar-refractivity contribution < 1.29 is 18.7 Å². The van der Waals surface area contributed by atoms with Gasteiger partial charge in [-0.25, -0.2) is 0 Å². The zero-order chi connectivity index (χ0) is 22.2. The van der Waals surface area contributed by atoms with Gasteiger partial charge in [0.2, 0.25) is 0 Å². The SMILES string of the molecule is CCC(NC(=O)/C(=C/c1ccco1)NC(=O)c1ccc(OC)cc1)c1ccccc1C. The first-order chi connectivity index (χ1) is 15.0. The predicted molar refractivity (Wildman–Crippen MR) is 119 cm³/mol. The van der Waals surface area contributed by atoms with Crippen LogP contribution in [-0.4, -0.2) is 18.9 Å². The van der Waals surface area contributed by atoms with Crippen molar-refractivity contribution in [3.05, 3.63) is 95.1 Å². The van der Waals surface area contributed by atoms with Crippen LogP contribution >= 0.6 is 0 Å². The van der Waals surface area contributed by atoms with Crippen LogP contribution in [0.1, 0.15) is 46.6 Å². The fraction of sp³-hybridized carbons (Fsp3) is 0.200. The molecule has 1 unspecified atom stereocenters. The standard InChI is InChI=1S/C25H26N2O4/c1-4-22(21-10-6-5-8-17(21)2)26-25(29)23(16-20-9-7-15-31-20)27-24(28)18-11-13-19(30-3)14-12-18/h5-16,22H,4H2,1-3H3,(H,26,29)(H,27,28)/b23-16-. The molecule has 0 spiro atoms. The number of furan rings is 1. The number of hydrogen-bond acceptors (Lipinski definition) is 4. The highest BCUT2D eigenvalue weighted by Gasteiger charge is 2.20. The van der Waals surface area contributed by atoms with E-state index in [0.717, 1.165) is 11.1 Å². The first-order valence-electron chi connectivity index (χ1n) is 10.1. The number of ether oxygens (including phenoxy) is 1. The number of carbonyl (C=O) groups is 2. The molecule has 2 N–H and O–H groups in total. The second-order valence-electron chi connectivity index (χ2n) is 7.05. The Kier molecular flexibility index (Phi) is 7.27. The summed E-state index contributed by atoms with van der Waals surface area (Å²) in [7, 11) is 1.56. The van der Waals surface area contributed by atoms with Crippen molar-refractivity contribution in [3.8, 4) is 5.75 Å². The molecule has 0 radical (unpaired) electrons. The molecule has 0 aliphatic rings. The molecule has 0 fully saturated rings. The Morgan fingerprint density at radius 1 is 1.06 bits per heavy atom. The van der Waals surface area contributed by atoms with E-state index in [1.54, 1.807) is 43.5 Å². The Hall–Kier alpha value is -3.80. The van der Waals surface area contributed by atoms with Crippen molar-refractivity contribution in [1.82, 2.24) is 10.6 Å². The van der Waals surface area contributed by atoms with Crippen molar-refractivity contribution in [3.63, 3.8) is 0 Å². The summed E-state index contributed by atoms with van der Waals surface area (Å²) in [4.78, 5) is 25.9. The van der Waals surface area contributed by atoms with Gasteiger partial charge in [-0.2, -0.15) is 0 Å². The second-order valence-corrected chi connectivity index (χ2v) is 7.05. The van der Waals surface area contributed by atoms with Gasteiger partial charge in [0, 0.05) is 11.6 Å². The number of hydrogen-bond donors (Lipinski definition) is 2. The van der Waals surface area contributed by atoms with Crippen LogP contribution in [0.15, 0.2) is 77.0 Å². The van der Waals surface area contributed by atoms with E-state index < -0.39 is 11.8 Å². The van der Waals surface area contributed by atoms with Gasteiger partial charge in [-0.3, -0.25) is 9.59 Å². The van der Waals surface area contributed by atoms with E-state index in [1.165, 1.54) is 12.3 Å². The molecule has 6 heteroatoms. The van der Waals surface area contributed by atoms with E-state index in [0.29, 0.717) is 23.5 Å². The Morgan fingerprint density at radius 3 is 2.42 bits per heavy atom. The summed E-state index contributed by atoms with van der Waals surface area (Å²) in [6.45, 7) is 4.01. The third kappa shape index (κ3) is 5.63. The predicted octanol–water partition coefficient (Wildman–Crippen LogP) is 4.64. The maximum atomic E-state index is 13.1. The minimum Gasteiger partial charge on any atom is -0.497 e. The fourth-order valence-corrected chi connectivity index (χ4v) is 3.22. The number of rotatable bonds is 8. The highest BCUT2D eigenvalue weighted by atomic mass is 16.5. The number of nitrogens with one attached hydrogen (secondary N) is 2. The van der Waals surface area contributed by atoms with E-state index in [9.17, 15) is 9.59 Å². The Bertz CT molecular complexity index is 1050. The molecule has 3 aromatic rings. The molecule has 3 rings (SSSR count). The van der Waals surface area contributed by atoms with Crippen LogP contribution in [0.5, 0.6) is 5.75 Å². The molecule has 0 bridgehead atoms. The van der Waals surface area contributed by atoms with E-state index >= 15 is 0 Å². The minimum atomic E-state index is -0.403. The van der Waals surface area contributed by atoms with Crippen molar-refractivity contribution in [2.45, 2.75) is 26.3 Å². The average molecular weight is 418 g/mol. The van der Waals surface area contributed by atoms with Crippen molar-refractivity contribution in [1.29, 1.82) is 0 Å². The molecule has 1 heterocycles. The quantitative estimate of drug-likeness (QED) is 0.523. The lowest BCUT2D eigenvalue weighted by molar-refractivity contribution is -0.118. The molecule has 0 aliphatic carbocycles. The molecular formula is C25H26N2O4. The van der Waals surface area contributed by atoms with Crippen LogP contribution in [0.4, 0.5) is 0 Å². The highest BCUT2D eigenvalue weighted by molar-refractivity contribution is 6.05. The van der Waals surface area contributed by atoms with Crippen LogP contribution in [0.3, 0.4) is 0 Å². The molecule has 160 valence electrons. The van der Waals surface area contributed by atoms with Crippen molar-refractivity contribution >= 4 is 17.9 Å². The molecule has 2 aromatic carbocycles. The summed E-state index contributed by atoms with van der Waals surface area (Å²) in [5, 5.41) is 5.74. The molecule has 0 aliphatic heterocycles. The zero-order valence-corrected chi connectivity index (χ0v) is 17.8. The first kappa shape index (κ1) is 21.9. The molecule has 1 aromatic heterocycles. The normalized spacial score (nSPS) is 12.2. The van der Waals surface area contributed by atoms with Gasteiger partial charge in [-0.05, 0) is 60.9 Å². The van der Waals surface area contributed by atoms with E-state index in [1.807, 2.05) is 38.1 Å². The molecule has 6 nitrogen and oxygen atoms in total. The van der Waals surface area contributed by atoms with Gasteiger partial charge in [0.15, 0.2) is 0 Å². The highest BCUT2D eigenvalue weighted by Crippen LogP contribution is 2.21. The Balaban J connectivity index is 1.83. The van der Waals surface area contributed by atoms with Gasteiger partial charge in [-0.1, -0.05) is 31.2 Å². The van der Waals surface area contributed by atoms with Crippen LogP contribution in [-0.2, 0) is 4.79 Å². The molecule has 0 saturated heterocycles. The zero-order valence-electron chi connectivity index (χ0n) is 17.8. The molecular weight excluding hydrogens is 392 g/mol. The van der Waals surface area contributed by atoms with Crippen LogP contribution in [0.2, 0.25) is 0 Å².